The van der Waals surface area contributed by atoms with Crippen LogP contribution in [0.5, 0.6) is 0 Å². The van der Waals surface area contributed by atoms with E-state index in [0.29, 0.717) is 0 Å². The van der Waals surface area contributed by atoms with Crippen LogP contribution in [0.4, 0.5) is 5.69 Å². The number of nitrogens with zero attached hydrogens (tertiary/aromatic N) is 1. The molecular formula is C10H10ClNO6. The number of carboxylic acids is 1. The molecule has 18 heavy (non-hydrogen) atoms. The molecule has 0 heterocycles. The van der Waals surface area contributed by atoms with E-state index in [9.17, 15) is 25.1 Å². The number of hydrogen-bond donors (Lipinski definition) is 3. The van der Waals surface area contributed by atoms with Crippen LogP contribution in [-0.4, -0.2) is 32.3 Å². The number of benzene rings is 1. The summed E-state index contributed by atoms with van der Waals surface area (Å²) in [5.41, 5.74) is -0.393. The lowest BCUT2D eigenvalue weighted by Gasteiger charge is -2.17. The molecule has 8 heteroatoms. The lowest BCUT2D eigenvalue weighted by atomic mass is 10.0. The van der Waals surface area contributed by atoms with Crippen molar-refractivity contribution in [1.29, 1.82) is 0 Å². The maximum Gasteiger partial charge on any atom is 0.306 e. The highest BCUT2D eigenvalue weighted by Gasteiger charge is 2.24. The summed E-state index contributed by atoms with van der Waals surface area (Å²) in [5, 5.41) is 38.2. The molecule has 0 bridgehead atoms. The van der Waals surface area contributed by atoms with Crippen molar-refractivity contribution in [2.24, 2.45) is 0 Å². The number of aliphatic hydroxyl groups is 2. The van der Waals surface area contributed by atoms with E-state index in [-0.39, 0.29) is 16.3 Å². The molecule has 98 valence electrons. The van der Waals surface area contributed by atoms with Crippen LogP contribution in [0.3, 0.4) is 0 Å². The Morgan fingerprint density at radius 1 is 1.44 bits per heavy atom. The number of hydrogen-bond acceptors (Lipinski definition) is 5. The maximum absolute atomic E-state index is 10.6. The Hall–Kier alpha value is -1.70. The molecule has 0 aliphatic heterocycles. The third kappa shape index (κ3) is 3.39. The van der Waals surface area contributed by atoms with Crippen LogP contribution < -0.4 is 0 Å². The van der Waals surface area contributed by atoms with Crippen molar-refractivity contribution in [3.05, 3.63) is 38.9 Å². The summed E-state index contributed by atoms with van der Waals surface area (Å²) in [6, 6.07) is 3.34. The summed E-state index contributed by atoms with van der Waals surface area (Å²) < 4.78 is 0. The second-order valence-corrected chi connectivity index (χ2v) is 3.98. The number of nitro benzene ring substituents is 1. The first-order valence-electron chi connectivity index (χ1n) is 4.84. The summed E-state index contributed by atoms with van der Waals surface area (Å²) in [6.07, 6.45) is -3.89. The molecule has 0 radical (unpaired) electrons. The van der Waals surface area contributed by atoms with Gasteiger partial charge in [-0.3, -0.25) is 14.9 Å². The van der Waals surface area contributed by atoms with Gasteiger partial charge in [0.1, 0.15) is 6.10 Å². The molecule has 2 atom stereocenters. The van der Waals surface area contributed by atoms with Crippen LogP contribution in [0.15, 0.2) is 18.2 Å². The molecule has 7 nitrogen and oxygen atoms in total. The maximum atomic E-state index is 10.6. The lowest BCUT2D eigenvalue weighted by Crippen LogP contribution is -2.22. The molecule has 0 aliphatic carbocycles. The molecule has 2 unspecified atom stereocenters. The minimum Gasteiger partial charge on any atom is -0.481 e. The molecule has 0 saturated heterocycles. The standard InChI is InChI=1S/C10H10ClNO6/c11-7-2-1-5(12(17)18)3-6(7)10(16)8(13)4-9(14)15/h1-3,8,10,13,16H,4H2,(H,14,15). The van der Waals surface area contributed by atoms with Gasteiger partial charge < -0.3 is 15.3 Å². The van der Waals surface area contributed by atoms with Gasteiger partial charge in [-0.15, -0.1) is 0 Å². The predicted molar refractivity (Wildman–Crippen MR) is 61.3 cm³/mol. The average Bonchev–Trinajstić information content (AvgIpc) is 2.27. The van der Waals surface area contributed by atoms with Crippen LogP contribution in [0.25, 0.3) is 0 Å². The second-order valence-electron chi connectivity index (χ2n) is 3.57. The molecule has 1 rings (SSSR count). The summed E-state index contributed by atoms with van der Waals surface area (Å²) in [7, 11) is 0. The number of carboxylic acid groups (broad SMARTS) is 1. The molecule has 0 aliphatic rings. The molecule has 3 N–H and O–H groups in total. The predicted octanol–water partition coefficient (Wildman–Crippen LogP) is 1.12. The van der Waals surface area contributed by atoms with Crippen molar-refractivity contribution >= 4 is 23.3 Å². The molecule has 0 spiro atoms. The van der Waals surface area contributed by atoms with Crippen molar-refractivity contribution in [1.82, 2.24) is 0 Å². The van der Waals surface area contributed by atoms with Gasteiger partial charge in [-0.2, -0.15) is 0 Å². The van der Waals surface area contributed by atoms with Crippen LogP contribution in [-0.2, 0) is 4.79 Å². The third-order valence-electron chi connectivity index (χ3n) is 2.26. The summed E-state index contributed by atoms with van der Waals surface area (Å²) in [5.74, 6) is -1.30. The third-order valence-corrected chi connectivity index (χ3v) is 2.60. The Kier molecular flexibility index (Phi) is 4.60. The average molecular weight is 276 g/mol. The van der Waals surface area contributed by atoms with E-state index >= 15 is 0 Å². The van der Waals surface area contributed by atoms with E-state index in [4.69, 9.17) is 16.7 Å². The minimum atomic E-state index is -1.60. The Labute approximate surface area is 106 Å². The molecule has 0 fully saturated rings. The Bertz CT molecular complexity index is 477. The first-order valence-corrected chi connectivity index (χ1v) is 5.22. The number of carbonyl (C=O) groups is 1. The first kappa shape index (κ1) is 14.4. The molecule has 0 aromatic heterocycles. The highest BCUT2D eigenvalue weighted by molar-refractivity contribution is 6.31. The summed E-state index contributed by atoms with van der Waals surface area (Å²) in [4.78, 5) is 20.3. The van der Waals surface area contributed by atoms with Gasteiger partial charge in [-0.05, 0) is 6.07 Å². The zero-order valence-electron chi connectivity index (χ0n) is 8.99. The van der Waals surface area contributed by atoms with E-state index in [1.807, 2.05) is 0 Å². The zero-order valence-corrected chi connectivity index (χ0v) is 9.74. The Morgan fingerprint density at radius 2 is 2.06 bits per heavy atom. The van der Waals surface area contributed by atoms with Crippen LogP contribution in [0.2, 0.25) is 5.02 Å². The van der Waals surface area contributed by atoms with Gasteiger partial charge in [-0.25, -0.2) is 0 Å². The van der Waals surface area contributed by atoms with Crippen LogP contribution >= 0.6 is 11.6 Å². The molecular weight excluding hydrogens is 266 g/mol. The van der Waals surface area contributed by atoms with E-state index in [1.165, 1.54) is 6.07 Å². The van der Waals surface area contributed by atoms with Gasteiger partial charge in [0.05, 0.1) is 17.4 Å². The van der Waals surface area contributed by atoms with Gasteiger partial charge in [0, 0.05) is 22.7 Å². The van der Waals surface area contributed by atoms with E-state index in [2.05, 4.69) is 0 Å². The quantitative estimate of drug-likeness (QED) is 0.547. The van der Waals surface area contributed by atoms with Gasteiger partial charge in [0.25, 0.3) is 5.69 Å². The number of nitro groups is 1. The SMILES string of the molecule is O=C(O)CC(O)C(O)c1cc([N+](=O)[O-])ccc1Cl. The van der Waals surface area contributed by atoms with E-state index in [0.717, 1.165) is 12.1 Å². The number of rotatable bonds is 5. The fourth-order valence-corrected chi connectivity index (χ4v) is 1.60. The smallest absolute Gasteiger partial charge is 0.306 e. The summed E-state index contributed by atoms with van der Waals surface area (Å²) >= 11 is 5.74. The van der Waals surface area contributed by atoms with Gasteiger partial charge in [-0.1, -0.05) is 11.6 Å². The van der Waals surface area contributed by atoms with Crippen LogP contribution in [0, 0.1) is 10.1 Å². The molecule has 0 amide bonds. The van der Waals surface area contributed by atoms with Crippen molar-refractivity contribution in [2.75, 3.05) is 0 Å². The summed E-state index contributed by atoms with van der Waals surface area (Å²) in [6.45, 7) is 0. The Morgan fingerprint density at radius 3 is 2.56 bits per heavy atom. The minimum absolute atomic E-state index is 0.0116. The second kappa shape index (κ2) is 5.76. The van der Waals surface area contributed by atoms with Crippen molar-refractivity contribution in [3.8, 4) is 0 Å². The van der Waals surface area contributed by atoms with Crippen molar-refractivity contribution in [3.63, 3.8) is 0 Å². The van der Waals surface area contributed by atoms with E-state index in [1.54, 1.807) is 0 Å². The molecule has 0 saturated carbocycles. The number of aliphatic hydroxyl groups excluding tert-OH is 2. The normalized spacial score (nSPS) is 13.9. The largest absolute Gasteiger partial charge is 0.481 e. The molecule has 1 aromatic rings. The van der Waals surface area contributed by atoms with Crippen LogP contribution in [0.1, 0.15) is 18.1 Å². The number of non-ortho nitro benzene ring substituents is 1. The van der Waals surface area contributed by atoms with Gasteiger partial charge >= 0.3 is 5.97 Å². The highest BCUT2D eigenvalue weighted by Crippen LogP contribution is 2.29. The fraction of sp³-hybridized carbons (Fsp3) is 0.300. The first-order chi connectivity index (χ1) is 8.32. The zero-order chi connectivity index (χ0) is 13.9. The monoisotopic (exact) mass is 275 g/mol. The van der Waals surface area contributed by atoms with E-state index < -0.39 is 29.5 Å². The van der Waals surface area contributed by atoms with Crippen molar-refractivity contribution in [2.45, 2.75) is 18.6 Å². The number of halogens is 1. The molecule has 1 aromatic carbocycles. The van der Waals surface area contributed by atoms with Gasteiger partial charge in [0.15, 0.2) is 0 Å². The topological polar surface area (TPSA) is 121 Å². The number of aliphatic carboxylic acids is 1. The Balaban J connectivity index is 3.03. The fourth-order valence-electron chi connectivity index (χ4n) is 1.37. The van der Waals surface area contributed by atoms with Crippen molar-refractivity contribution < 1.29 is 25.0 Å². The van der Waals surface area contributed by atoms with Gasteiger partial charge in [0.2, 0.25) is 0 Å². The highest BCUT2D eigenvalue weighted by atomic mass is 35.5. The lowest BCUT2D eigenvalue weighted by molar-refractivity contribution is -0.385.